The van der Waals surface area contributed by atoms with Gasteiger partial charge in [-0.2, -0.15) is 11.8 Å². The Morgan fingerprint density at radius 2 is 1.86 bits per heavy atom. The lowest BCUT2D eigenvalue weighted by atomic mass is 10.0. The summed E-state index contributed by atoms with van der Waals surface area (Å²) in [7, 11) is 0. The van der Waals surface area contributed by atoms with Crippen LogP contribution in [0.5, 0.6) is 0 Å². The van der Waals surface area contributed by atoms with Gasteiger partial charge in [-0.25, -0.2) is 9.80 Å². The number of hydrogen-bond acceptors (Lipinski definition) is 9. The maximum absolute atomic E-state index is 11.7. The van der Waals surface area contributed by atoms with E-state index in [2.05, 4.69) is 5.29 Å². The molecule has 0 aliphatic heterocycles. The third-order valence-corrected chi connectivity index (χ3v) is 3.54. The second-order valence-corrected chi connectivity index (χ2v) is 5.45. The van der Waals surface area contributed by atoms with Crippen LogP contribution in [0.2, 0.25) is 0 Å². The van der Waals surface area contributed by atoms with E-state index in [1.807, 2.05) is 0 Å². The first-order valence-corrected chi connectivity index (χ1v) is 7.68. The van der Waals surface area contributed by atoms with E-state index in [1.54, 1.807) is 6.26 Å². The third kappa shape index (κ3) is 6.23. The van der Waals surface area contributed by atoms with Crippen LogP contribution in [0.4, 0.5) is 0 Å². The fourth-order valence-electron chi connectivity index (χ4n) is 1.59. The lowest BCUT2D eigenvalue weighted by molar-refractivity contribution is -0.147. The molecule has 11 heteroatoms. The van der Waals surface area contributed by atoms with Gasteiger partial charge in [0.15, 0.2) is 5.78 Å². The summed E-state index contributed by atoms with van der Waals surface area (Å²) in [5, 5.41) is 48.7. The van der Waals surface area contributed by atoms with Crippen LogP contribution in [0.15, 0.2) is 5.29 Å². The van der Waals surface area contributed by atoms with Crippen molar-refractivity contribution in [2.75, 3.05) is 25.2 Å². The maximum Gasteiger partial charge on any atom is 0.328 e. The number of aliphatic hydroxyl groups excluding tert-OH is 4. The number of hydrogen-bond donors (Lipinski definition) is 5. The maximum atomic E-state index is 11.7. The fourth-order valence-corrected chi connectivity index (χ4v) is 2.05. The highest BCUT2D eigenvalue weighted by Crippen LogP contribution is 2.11. The molecule has 0 fully saturated rings. The molecule has 1 unspecified atom stereocenters. The summed E-state index contributed by atoms with van der Waals surface area (Å²) in [4.78, 5) is 33.6. The van der Waals surface area contributed by atoms with Crippen molar-refractivity contribution in [3.63, 3.8) is 0 Å². The van der Waals surface area contributed by atoms with Crippen molar-refractivity contribution < 1.29 is 35.1 Å². The number of ketones is 1. The van der Waals surface area contributed by atoms with E-state index < -0.39 is 49.3 Å². The molecule has 0 aromatic heterocycles. The number of Topliss-reactive ketones (excluding diaryl/α,β-unsaturated/α-hetero) is 1. The van der Waals surface area contributed by atoms with Gasteiger partial charge in [0.05, 0.1) is 11.9 Å². The predicted octanol–water partition coefficient (Wildman–Crippen LogP) is -2.18. The normalized spacial score (nSPS) is 16.4. The van der Waals surface area contributed by atoms with Crippen molar-refractivity contribution in [2.24, 2.45) is 5.29 Å². The Kier molecular flexibility index (Phi) is 9.85. The summed E-state index contributed by atoms with van der Waals surface area (Å²) in [6.45, 7) is -1.72. The van der Waals surface area contributed by atoms with Crippen LogP contribution in [0.1, 0.15) is 6.42 Å². The van der Waals surface area contributed by atoms with Crippen LogP contribution >= 0.6 is 11.8 Å². The zero-order valence-electron chi connectivity index (χ0n) is 11.9. The van der Waals surface area contributed by atoms with Gasteiger partial charge in [-0.15, -0.1) is 4.91 Å². The van der Waals surface area contributed by atoms with Crippen molar-refractivity contribution in [1.82, 2.24) is 5.01 Å². The minimum atomic E-state index is -2.08. The number of carboxylic acids is 1. The summed E-state index contributed by atoms with van der Waals surface area (Å²) in [5.41, 5.74) is 0. The Morgan fingerprint density at radius 3 is 2.27 bits per heavy atom. The van der Waals surface area contributed by atoms with Crippen LogP contribution in [0.3, 0.4) is 0 Å². The molecular weight excluding hydrogens is 320 g/mol. The summed E-state index contributed by atoms with van der Waals surface area (Å²) >= 11 is 1.34. The molecule has 128 valence electrons. The number of carboxylic acid groups (broad SMARTS) is 1. The first-order chi connectivity index (χ1) is 10.3. The second kappa shape index (κ2) is 10.5. The lowest BCUT2D eigenvalue weighted by Gasteiger charge is -2.25. The summed E-state index contributed by atoms with van der Waals surface area (Å²) in [6, 6.07) is -1.35. The van der Waals surface area contributed by atoms with Crippen LogP contribution in [-0.4, -0.2) is 91.8 Å². The van der Waals surface area contributed by atoms with Crippen molar-refractivity contribution in [3.8, 4) is 0 Å². The number of thioether (sulfide) groups is 1. The standard InChI is InChI=1S/C11H20N2O8S/c1-22-3-2-6(11(19)20)13(12-21)4-7(15)9(17)10(18)8(16)5-14/h6,8-10,14,16-18H,2-5H2,1H3,(H,19,20)/t6?,8-,9-,10-/m1/s1. The number of carbonyl (C=O) groups is 2. The van der Waals surface area contributed by atoms with Crippen molar-refractivity contribution in [2.45, 2.75) is 30.8 Å². The SMILES string of the molecule is CSCCC(C(=O)O)N(CC(=O)[C@@H](O)[C@H](O)[C@H](O)CO)N=O. The number of aliphatic carboxylic acids is 1. The van der Waals surface area contributed by atoms with Crippen molar-refractivity contribution in [3.05, 3.63) is 4.91 Å². The molecule has 0 saturated heterocycles. The number of rotatable bonds is 12. The van der Waals surface area contributed by atoms with Crippen LogP contribution < -0.4 is 0 Å². The molecular formula is C11H20N2O8S. The molecule has 0 radical (unpaired) electrons. The minimum absolute atomic E-state index is 0.0490. The Labute approximate surface area is 130 Å². The quantitative estimate of drug-likeness (QED) is 0.194. The monoisotopic (exact) mass is 340 g/mol. The van der Waals surface area contributed by atoms with E-state index in [0.29, 0.717) is 10.8 Å². The van der Waals surface area contributed by atoms with E-state index in [-0.39, 0.29) is 6.42 Å². The van der Waals surface area contributed by atoms with Gasteiger partial charge >= 0.3 is 5.97 Å². The molecule has 0 rings (SSSR count). The van der Waals surface area contributed by atoms with E-state index >= 15 is 0 Å². The predicted molar refractivity (Wildman–Crippen MR) is 77.0 cm³/mol. The van der Waals surface area contributed by atoms with E-state index in [4.69, 9.17) is 15.3 Å². The van der Waals surface area contributed by atoms with Crippen LogP contribution in [-0.2, 0) is 9.59 Å². The Morgan fingerprint density at radius 1 is 1.27 bits per heavy atom. The number of nitrogens with zero attached hydrogens (tertiary/aromatic N) is 2. The Balaban J connectivity index is 4.86. The molecule has 0 aromatic rings. The van der Waals surface area contributed by atoms with Gasteiger partial charge in [-0.3, -0.25) is 4.79 Å². The largest absolute Gasteiger partial charge is 0.480 e. The zero-order chi connectivity index (χ0) is 17.3. The molecule has 0 spiro atoms. The van der Waals surface area contributed by atoms with Gasteiger partial charge < -0.3 is 25.5 Å². The molecule has 10 nitrogen and oxygen atoms in total. The number of nitroso groups, excluding NO2 is 1. The molecule has 0 aliphatic rings. The molecule has 0 bridgehead atoms. The van der Waals surface area contributed by atoms with Crippen LogP contribution in [0, 0.1) is 4.91 Å². The molecule has 22 heavy (non-hydrogen) atoms. The zero-order valence-corrected chi connectivity index (χ0v) is 12.7. The molecule has 0 amide bonds. The van der Waals surface area contributed by atoms with Gasteiger partial charge in [-0.05, 0) is 18.4 Å². The molecule has 0 aromatic carbocycles. The van der Waals surface area contributed by atoms with E-state index in [0.717, 1.165) is 0 Å². The first kappa shape index (κ1) is 20.7. The molecule has 0 heterocycles. The van der Waals surface area contributed by atoms with Gasteiger partial charge in [0, 0.05) is 0 Å². The fraction of sp³-hybridized carbons (Fsp3) is 0.818. The van der Waals surface area contributed by atoms with Gasteiger partial charge in [0.2, 0.25) is 0 Å². The highest BCUT2D eigenvalue weighted by molar-refractivity contribution is 7.98. The topological polar surface area (TPSA) is 168 Å². The first-order valence-electron chi connectivity index (χ1n) is 6.29. The average Bonchev–Trinajstić information content (AvgIpc) is 2.50. The van der Waals surface area contributed by atoms with Gasteiger partial charge in [0.25, 0.3) is 0 Å². The average molecular weight is 340 g/mol. The molecule has 5 N–H and O–H groups in total. The number of carbonyl (C=O) groups excluding carboxylic acids is 1. The smallest absolute Gasteiger partial charge is 0.328 e. The van der Waals surface area contributed by atoms with Gasteiger partial charge in [0.1, 0.15) is 30.9 Å². The van der Waals surface area contributed by atoms with Crippen molar-refractivity contribution >= 4 is 23.5 Å². The Hall–Kier alpha value is -1.27. The molecule has 0 saturated carbocycles. The molecule has 0 aliphatic carbocycles. The lowest BCUT2D eigenvalue weighted by Crippen LogP contribution is -2.49. The van der Waals surface area contributed by atoms with Crippen LogP contribution in [0.25, 0.3) is 0 Å². The summed E-state index contributed by atoms with van der Waals surface area (Å²) in [6.07, 6.45) is -4.00. The minimum Gasteiger partial charge on any atom is -0.480 e. The van der Waals surface area contributed by atoms with E-state index in [9.17, 15) is 24.7 Å². The third-order valence-electron chi connectivity index (χ3n) is 2.90. The number of aliphatic hydroxyl groups is 4. The van der Waals surface area contributed by atoms with Crippen molar-refractivity contribution in [1.29, 1.82) is 0 Å². The summed E-state index contributed by atoms with van der Waals surface area (Å²) < 4.78 is 0. The Bertz CT molecular complexity index is 383. The van der Waals surface area contributed by atoms with Gasteiger partial charge in [-0.1, -0.05) is 0 Å². The highest BCUT2D eigenvalue weighted by atomic mass is 32.2. The van der Waals surface area contributed by atoms with E-state index in [1.165, 1.54) is 11.8 Å². The highest BCUT2D eigenvalue weighted by Gasteiger charge is 2.34. The second-order valence-electron chi connectivity index (χ2n) is 4.47. The molecule has 4 atom stereocenters. The summed E-state index contributed by atoms with van der Waals surface area (Å²) in [5.74, 6) is -2.05.